The monoisotopic (exact) mass is 479 g/mol. The number of thioether (sulfide) groups is 1. The lowest BCUT2D eigenvalue weighted by atomic mass is 10.0. The van der Waals surface area contributed by atoms with Gasteiger partial charge < -0.3 is 31.9 Å². The summed E-state index contributed by atoms with van der Waals surface area (Å²) in [5, 5.41) is 14.4. The Morgan fingerprint density at radius 2 is 2.00 bits per heavy atom. The van der Waals surface area contributed by atoms with Gasteiger partial charge in [0.25, 0.3) is 5.91 Å². The first-order valence-electron chi connectivity index (χ1n) is 9.36. The number of carbonyl (C=O) groups is 4. The van der Waals surface area contributed by atoms with Crippen LogP contribution in [-0.4, -0.2) is 62.6 Å². The molecule has 1 aromatic carbocycles. The van der Waals surface area contributed by atoms with Crippen molar-refractivity contribution in [2.24, 2.45) is 11.5 Å². The second-order valence-electron chi connectivity index (χ2n) is 7.02. The first kappa shape index (κ1) is 23.5. The van der Waals surface area contributed by atoms with Crippen LogP contribution in [0.2, 0.25) is 0 Å². The van der Waals surface area contributed by atoms with E-state index >= 15 is 0 Å². The summed E-state index contributed by atoms with van der Waals surface area (Å²) in [5.74, 6) is -2.78. The summed E-state index contributed by atoms with van der Waals surface area (Å²) in [5.41, 5.74) is 12.7. The number of aliphatic carboxylic acids is 1. The van der Waals surface area contributed by atoms with Crippen molar-refractivity contribution in [3.63, 3.8) is 0 Å². The molecule has 1 saturated heterocycles. The van der Waals surface area contributed by atoms with E-state index in [1.165, 1.54) is 18.7 Å². The third-order valence-electron chi connectivity index (χ3n) is 4.82. The van der Waals surface area contributed by atoms with Crippen LogP contribution in [0.1, 0.15) is 18.5 Å². The summed E-state index contributed by atoms with van der Waals surface area (Å²) in [6.07, 6.45) is 0. The number of carboxylic acid groups (broad SMARTS) is 1. The quantitative estimate of drug-likeness (QED) is 0.196. The molecule has 2 aliphatic heterocycles. The van der Waals surface area contributed by atoms with Crippen LogP contribution in [0.15, 0.2) is 35.5 Å². The van der Waals surface area contributed by atoms with Crippen LogP contribution in [0.5, 0.6) is 0 Å². The standard InChI is InChI=1S/C19H21N5O6S2/c1-8(25)30-6-10-7-32-17-13(16(27)24(17)14(10)18(28)29)23-15(26)12(20)9-2-4-11(5-3-9)22-19(21)31/h2-5,12-13,17H,6-7,20H2,1H3,(H,23,26)(H,28,29)(H3,21,22,31)/t12?,13-,17-/m1/s1. The van der Waals surface area contributed by atoms with Crippen LogP contribution in [-0.2, 0) is 23.9 Å². The zero-order valence-corrected chi connectivity index (χ0v) is 18.5. The van der Waals surface area contributed by atoms with Gasteiger partial charge in [-0.2, -0.15) is 0 Å². The number of hydrogen-bond donors (Lipinski definition) is 5. The summed E-state index contributed by atoms with van der Waals surface area (Å²) < 4.78 is 4.89. The Kier molecular flexibility index (Phi) is 7.01. The fourth-order valence-electron chi connectivity index (χ4n) is 3.29. The van der Waals surface area contributed by atoms with Crippen LogP contribution >= 0.6 is 24.0 Å². The number of rotatable bonds is 7. The Morgan fingerprint density at radius 1 is 1.34 bits per heavy atom. The maximum atomic E-state index is 12.7. The van der Waals surface area contributed by atoms with Gasteiger partial charge in [-0.15, -0.1) is 11.8 Å². The SMILES string of the molecule is CC(=O)OCC1=C(C(=O)O)N2C(=O)[C@@H](NC(=O)C(N)c3ccc(NC(N)=S)cc3)[C@H]2SC1. The number of anilines is 1. The van der Waals surface area contributed by atoms with E-state index in [0.717, 1.165) is 4.90 Å². The smallest absolute Gasteiger partial charge is 0.352 e. The van der Waals surface area contributed by atoms with Crippen LogP contribution in [0, 0.1) is 0 Å². The molecular weight excluding hydrogens is 458 g/mol. The zero-order chi connectivity index (χ0) is 23.6. The molecule has 2 heterocycles. The summed E-state index contributed by atoms with van der Waals surface area (Å²) in [6.45, 7) is 0.989. The Hall–Kier alpha value is -3.16. The number of nitrogens with zero attached hydrogens (tertiary/aromatic N) is 1. The highest BCUT2D eigenvalue weighted by Crippen LogP contribution is 2.40. The summed E-state index contributed by atoms with van der Waals surface area (Å²) >= 11 is 6.03. The van der Waals surface area contributed by atoms with Crippen molar-refractivity contribution in [1.29, 1.82) is 0 Å². The molecule has 0 spiro atoms. The van der Waals surface area contributed by atoms with E-state index in [0.29, 0.717) is 16.8 Å². The maximum Gasteiger partial charge on any atom is 0.352 e. The van der Waals surface area contributed by atoms with Gasteiger partial charge in [0.15, 0.2) is 5.11 Å². The lowest BCUT2D eigenvalue weighted by Crippen LogP contribution is -2.71. The first-order valence-corrected chi connectivity index (χ1v) is 10.8. The Morgan fingerprint density at radius 3 is 2.56 bits per heavy atom. The fraction of sp³-hybridized carbons (Fsp3) is 0.316. The predicted molar refractivity (Wildman–Crippen MR) is 120 cm³/mol. The number of amides is 2. The molecule has 0 aromatic heterocycles. The Bertz CT molecular complexity index is 1010. The number of thiocarbonyl (C=S) groups is 1. The van der Waals surface area contributed by atoms with Gasteiger partial charge in [0.1, 0.15) is 29.8 Å². The van der Waals surface area contributed by atoms with E-state index in [9.17, 15) is 24.3 Å². The summed E-state index contributed by atoms with van der Waals surface area (Å²) in [6, 6.07) is 4.60. The third kappa shape index (κ3) is 4.84. The van der Waals surface area contributed by atoms with Gasteiger partial charge in [0, 0.05) is 23.9 Å². The number of ether oxygens (including phenoxy) is 1. The van der Waals surface area contributed by atoms with Gasteiger partial charge in [-0.05, 0) is 29.9 Å². The predicted octanol–water partition coefficient (Wildman–Crippen LogP) is -0.356. The lowest BCUT2D eigenvalue weighted by molar-refractivity contribution is -0.151. The van der Waals surface area contributed by atoms with Crippen molar-refractivity contribution in [1.82, 2.24) is 10.2 Å². The first-order chi connectivity index (χ1) is 15.1. The number of carboxylic acids is 1. The van der Waals surface area contributed by atoms with Gasteiger partial charge in [-0.1, -0.05) is 12.1 Å². The van der Waals surface area contributed by atoms with E-state index < -0.39 is 41.2 Å². The molecule has 2 aliphatic rings. The number of β-lactam (4-membered cyclic amide) rings is 1. The van der Waals surface area contributed by atoms with Gasteiger partial charge in [-0.3, -0.25) is 19.3 Å². The van der Waals surface area contributed by atoms with E-state index in [2.05, 4.69) is 10.6 Å². The molecule has 0 radical (unpaired) electrons. The average Bonchev–Trinajstić information content (AvgIpc) is 2.74. The number of carbonyl (C=O) groups excluding carboxylic acids is 3. The normalized spacial score (nSPS) is 20.6. The van der Waals surface area contributed by atoms with Gasteiger partial charge >= 0.3 is 11.9 Å². The van der Waals surface area contributed by atoms with Crippen LogP contribution < -0.4 is 22.1 Å². The summed E-state index contributed by atoms with van der Waals surface area (Å²) in [4.78, 5) is 49.2. The van der Waals surface area contributed by atoms with Crippen molar-refractivity contribution < 1.29 is 29.0 Å². The number of nitrogens with two attached hydrogens (primary N) is 2. The number of hydrogen-bond acceptors (Lipinski definition) is 8. The highest BCUT2D eigenvalue weighted by molar-refractivity contribution is 8.00. The van der Waals surface area contributed by atoms with Gasteiger partial charge in [0.05, 0.1) is 0 Å². The Labute approximate surface area is 192 Å². The molecule has 0 aliphatic carbocycles. The van der Waals surface area contributed by atoms with E-state index in [1.807, 2.05) is 0 Å². The van der Waals surface area contributed by atoms with Crippen LogP contribution in [0.4, 0.5) is 5.69 Å². The molecule has 3 atom stereocenters. The number of fused-ring (bicyclic) bond motifs is 1. The zero-order valence-electron chi connectivity index (χ0n) is 16.9. The third-order valence-corrected chi connectivity index (χ3v) is 6.26. The lowest BCUT2D eigenvalue weighted by Gasteiger charge is -2.49. The Balaban J connectivity index is 1.68. The van der Waals surface area contributed by atoms with E-state index in [4.69, 9.17) is 28.4 Å². The number of nitrogens with one attached hydrogen (secondary N) is 2. The average molecular weight is 480 g/mol. The fourth-order valence-corrected chi connectivity index (χ4v) is 4.74. The van der Waals surface area contributed by atoms with Crippen molar-refractivity contribution in [3.05, 3.63) is 41.1 Å². The molecule has 0 bridgehead atoms. The van der Waals surface area contributed by atoms with Crippen LogP contribution in [0.25, 0.3) is 0 Å². The number of esters is 1. The molecule has 2 amide bonds. The molecule has 7 N–H and O–H groups in total. The molecular formula is C19H21N5O6S2. The molecule has 13 heteroatoms. The summed E-state index contributed by atoms with van der Waals surface area (Å²) in [7, 11) is 0. The van der Waals surface area contributed by atoms with Crippen LogP contribution in [0.3, 0.4) is 0 Å². The molecule has 170 valence electrons. The molecule has 1 fully saturated rings. The van der Waals surface area contributed by atoms with Crippen molar-refractivity contribution in [2.75, 3.05) is 17.7 Å². The minimum absolute atomic E-state index is 0.101. The molecule has 1 aromatic rings. The van der Waals surface area contributed by atoms with Crippen molar-refractivity contribution in [3.8, 4) is 0 Å². The van der Waals surface area contributed by atoms with Crippen molar-refractivity contribution in [2.45, 2.75) is 24.4 Å². The largest absolute Gasteiger partial charge is 0.477 e. The maximum absolute atomic E-state index is 12.7. The highest BCUT2D eigenvalue weighted by Gasteiger charge is 2.54. The van der Waals surface area contributed by atoms with E-state index in [-0.39, 0.29) is 23.2 Å². The van der Waals surface area contributed by atoms with Gasteiger partial charge in [-0.25, -0.2) is 4.79 Å². The number of benzene rings is 1. The minimum Gasteiger partial charge on any atom is -0.477 e. The second-order valence-corrected chi connectivity index (χ2v) is 8.57. The van der Waals surface area contributed by atoms with E-state index in [1.54, 1.807) is 24.3 Å². The minimum atomic E-state index is -1.31. The molecule has 0 saturated carbocycles. The highest BCUT2D eigenvalue weighted by atomic mass is 32.2. The second kappa shape index (κ2) is 9.54. The molecule has 32 heavy (non-hydrogen) atoms. The molecule has 11 nitrogen and oxygen atoms in total. The van der Waals surface area contributed by atoms with Crippen molar-refractivity contribution >= 4 is 58.5 Å². The molecule has 3 rings (SSSR count). The van der Waals surface area contributed by atoms with Gasteiger partial charge in [0.2, 0.25) is 5.91 Å². The molecule has 1 unspecified atom stereocenters. The topological polar surface area (TPSA) is 177 Å².